The summed E-state index contributed by atoms with van der Waals surface area (Å²) in [5.41, 5.74) is 0. The Bertz CT molecular complexity index is 685. The van der Waals surface area contributed by atoms with Gasteiger partial charge in [-0.15, -0.1) is 0 Å². The fourth-order valence-corrected chi connectivity index (χ4v) is 5.39. The van der Waals surface area contributed by atoms with Crippen LogP contribution in [0, 0.1) is 11.8 Å². The lowest BCUT2D eigenvalue weighted by Crippen LogP contribution is -2.51. The highest BCUT2D eigenvalue weighted by atomic mass is 32.2. The van der Waals surface area contributed by atoms with Crippen LogP contribution in [0.2, 0.25) is 0 Å². The number of ether oxygens (including phenoxy) is 2. The Kier molecular flexibility index (Phi) is 4.40. The highest BCUT2D eigenvalue weighted by Crippen LogP contribution is 2.37. The van der Waals surface area contributed by atoms with Gasteiger partial charge in [-0.3, -0.25) is 0 Å². The van der Waals surface area contributed by atoms with Crippen LogP contribution in [0.4, 0.5) is 0 Å². The van der Waals surface area contributed by atoms with Crippen molar-refractivity contribution < 1.29 is 17.9 Å². The maximum Gasteiger partial charge on any atom is 0.262 e. The zero-order valence-electron chi connectivity index (χ0n) is 14.0. The van der Waals surface area contributed by atoms with Gasteiger partial charge in [-0.25, -0.2) is 13.4 Å². The van der Waals surface area contributed by atoms with Crippen LogP contribution >= 0.6 is 0 Å². The van der Waals surface area contributed by atoms with Gasteiger partial charge in [-0.2, -0.15) is 4.31 Å². The predicted molar refractivity (Wildman–Crippen MR) is 86.9 cm³/mol. The predicted octanol–water partition coefficient (Wildman–Crippen LogP) is 1.01. The van der Waals surface area contributed by atoms with Crippen molar-refractivity contribution in [3.05, 3.63) is 12.5 Å². The van der Waals surface area contributed by atoms with E-state index in [4.69, 9.17) is 9.47 Å². The zero-order valence-corrected chi connectivity index (χ0v) is 14.8. The fourth-order valence-electron chi connectivity index (χ4n) is 3.78. The Hall–Kier alpha value is -0.960. The molecule has 0 aromatic carbocycles. The van der Waals surface area contributed by atoms with E-state index >= 15 is 0 Å². The van der Waals surface area contributed by atoms with Crippen molar-refractivity contribution in [3.63, 3.8) is 0 Å². The first-order valence-corrected chi connectivity index (χ1v) is 10.2. The van der Waals surface area contributed by atoms with Crippen molar-refractivity contribution in [1.29, 1.82) is 0 Å². The minimum absolute atomic E-state index is 0.0215. The Balaban J connectivity index is 1.44. The van der Waals surface area contributed by atoms with Crippen molar-refractivity contribution in [1.82, 2.24) is 13.9 Å². The lowest BCUT2D eigenvalue weighted by atomic mass is 10.1. The molecule has 24 heavy (non-hydrogen) atoms. The molecule has 134 valence electrons. The molecule has 0 unspecified atom stereocenters. The van der Waals surface area contributed by atoms with Crippen LogP contribution in [-0.4, -0.2) is 60.8 Å². The van der Waals surface area contributed by atoms with Crippen molar-refractivity contribution >= 4 is 10.0 Å². The van der Waals surface area contributed by atoms with Gasteiger partial charge in [0.25, 0.3) is 10.0 Å². The van der Waals surface area contributed by atoms with Gasteiger partial charge in [0.05, 0.1) is 25.1 Å². The maximum atomic E-state index is 12.9. The summed E-state index contributed by atoms with van der Waals surface area (Å²) in [4.78, 5) is 4.04. The Morgan fingerprint density at radius 1 is 1.29 bits per heavy atom. The molecule has 0 spiro atoms. The largest absolute Gasteiger partial charge is 0.381 e. The second kappa shape index (κ2) is 6.40. The van der Waals surface area contributed by atoms with Crippen molar-refractivity contribution in [2.24, 2.45) is 18.9 Å². The number of fused-ring (bicyclic) bond motifs is 1. The SMILES string of the molecule is Cn1cnc(S(=O)(=O)N2CCO[C@@H]3C[C@H](COCC4CC4)C[C@H]32)c1. The van der Waals surface area contributed by atoms with E-state index < -0.39 is 10.0 Å². The number of aryl methyl sites for hydroxylation is 1. The monoisotopic (exact) mass is 355 g/mol. The van der Waals surface area contributed by atoms with Gasteiger partial charge in [0.15, 0.2) is 5.03 Å². The van der Waals surface area contributed by atoms with Crippen molar-refractivity contribution in [3.8, 4) is 0 Å². The molecular formula is C16H25N3O4S. The van der Waals surface area contributed by atoms with Crippen LogP contribution in [0.5, 0.6) is 0 Å². The summed E-state index contributed by atoms with van der Waals surface area (Å²) in [6.45, 7) is 2.41. The molecular weight excluding hydrogens is 330 g/mol. The van der Waals surface area contributed by atoms with Gasteiger partial charge in [0.2, 0.25) is 0 Å². The summed E-state index contributed by atoms with van der Waals surface area (Å²) in [6, 6.07) is -0.0970. The minimum atomic E-state index is -3.56. The van der Waals surface area contributed by atoms with E-state index in [2.05, 4.69) is 4.98 Å². The molecule has 1 aromatic rings. The number of morpholine rings is 1. The minimum Gasteiger partial charge on any atom is -0.381 e. The molecule has 4 rings (SSSR count). The molecule has 1 saturated heterocycles. The second-order valence-electron chi connectivity index (χ2n) is 7.29. The van der Waals surface area contributed by atoms with Gasteiger partial charge in [-0.1, -0.05) is 0 Å². The first kappa shape index (κ1) is 16.5. The number of sulfonamides is 1. The number of nitrogens with zero attached hydrogens (tertiary/aromatic N) is 3. The average Bonchev–Trinajstić information content (AvgIpc) is 3.10. The smallest absolute Gasteiger partial charge is 0.262 e. The molecule has 1 aromatic heterocycles. The topological polar surface area (TPSA) is 73.7 Å². The van der Waals surface area contributed by atoms with Crippen LogP contribution in [0.25, 0.3) is 0 Å². The molecule has 0 N–H and O–H groups in total. The lowest BCUT2D eigenvalue weighted by Gasteiger charge is -2.35. The van der Waals surface area contributed by atoms with Crippen molar-refractivity contribution in [2.75, 3.05) is 26.4 Å². The summed E-state index contributed by atoms with van der Waals surface area (Å²) in [5, 5.41) is 0.124. The van der Waals surface area contributed by atoms with Gasteiger partial charge < -0.3 is 14.0 Å². The average molecular weight is 355 g/mol. The molecule has 3 atom stereocenters. The molecule has 3 fully saturated rings. The van der Waals surface area contributed by atoms with Crippen LogP contribution in [0.3, 0.4) is 0 Å². The van der Waals surface area contributed by atoms with Crippen LogP contribution in [0.1, 0.15) is 25.7 Å². The van der Waals surface area contributed by atoms with Gasteiger partial charge >= 0.3 is 0 Å². The zero-order chi connectivity index (χ0) is 16.7. The molecule has 3 aliphatic rings. The molecule has 0 amide bonds. The third-order valence-electron chi connectivity index (χ3n) is 5.24. The van der Waals surface area contributed by atoms with E-state index in [-0.39, 0.29) is 17.2 Å². The standard InChI is InChI=1S/C16H25N3O4S/c1-18-8-16(17-11-18)24(20,21)19-4-5-23-15-7-13(6-14(15)19)10-22-9-12-2-3-12/h8,11-15H,2-7,9-10H2,1H3/t13-,14-,15-/m1/s1. The Labute approximate surface area is 143 Å². The lowest BCUT2D eigenvalue weighted by molar-refractivity contribution is -0.0253. The molecule has 2 saturated carbocycles. The normalized spacial score (nSPS) is 31.3. The summed E-state index contributed by atoms with van der Waals surface area (Å²) in [6.07, 6.45) is 7.32. The number of rotatable bonds is 6. The van der Waals surface area contributed by atoms with Crippen molar-refractivity contribution in [2.45, 2.75) is 42.9 Å². The van der Waals surface area contributed by atoms with E-state index in [0.717, 1.165) is 25.4 Å². The summed E-state index contributed by atoms with van der Waals surface area (Å²) < 4.78 is 40.8. The fraction of sp³-hybridized carbons (Fsp3) is 0.812. The Morgan fingerprint density at radius 2 is 2.08 bits per heavy atom. The summed E-state index contributed by atoms with van der Waals surface area (Å²) >= 11 is 0. The van der Waals surface area contributed by atoms with Crippen LogP contribution in [0.15, 0.2) is 17.6 Å². The molecule has 2 aliphatic carbocycles. The number of hydrogen-bond acceptors (Lipinski definition) is 5. The second-order valence-corrected chi connectivity index (χ2v) is 9.13. The van der Waals surface area contributed by atoms with E-state index in [1.54, 1.807) is 22.1 Å². The van der Waals surface area contributed by atoms with Crippen LogP contribution in [-0.2, 0) is 26.5 Å². The van der Waals surface area contributed by atoms with E-state index in [1.165, 1.54) is 19.2 Å². The van der Waals surface area contributed by atoms with Gasteiger partial charge in [-0.05, 0) is 37.5 Å². The number of aromatic nitrogens is 2. The van der Waals surface area contributed by atoms with Crippen LogP contribution < -0.4 is 0 Å². The van der Waals surface area contributed by atoms with E-state index in [1.807, 2.05) is 0 Å². The van der Waals surface area contributed by atoms with E-state index in [0.29, 0.717) is 25.7 Å². The highest BCUT2D eigenvalue weighted by Gasteiger charge is 2.46. The molecule has 1 aliphatic heterocycles. The first-order chi connectivity index (χ1) is 11.5. The first-order valence-electron chi connectivity index (χ1n) is 8.73. The molecule has 0 radical (unpaired) electrons. The highest BCUT2D eigenvalue weighted by molar-refractivity contribution is 7.89. The number of imidazole rings is 1. The Morgan fingerprint density at radius 3 is 2.79 bits per heavy atom. The third kappa shape index (κ3) is 3.24. The molecule has 0 bridgehead atoms. The van der Waals surface area contributed by atoms with Gasteiger partial charge in [0.1, 0.15) is 0 Å². The maximum absolute atomic E-state index is 12.9. The third-order valence-corrected chi connectivity index (χ3v) is 7.05. The number of hydrogen-bond donors (Lipinski definition) is 0. The summed E-state index contributed by atoms with van der Waals surface area (Å²) in [7, 11) is -1.79. The molecule has 2 heterocycles. The molecule has 7 nitrogen and oxygen atoms in total. The van der Waals surface area contributed by atoms with E-state index in [9.17, 15) is 8.42 Å². The summed E-state index contributed by atoms with van der Waals surface area (Å²) in [5.74, 6) is 1.13. The van der Waals surface area contributed by atoms with Gasteiger partial charge in [0, 0.05) is 33.0 Å². The molecule has 8 heteroatoms. The quantitative estimate of drug-likeness (QED) is 0.762.